The molecular weight excluding hydrogens is 138 g/mol. The Morgan fingerprint density at radius 2 is 2.00 bits per heavy atom. The third-order valence-electron chi connectivity index (χ3n) is 1.58. The van der Waals surface area contributed by atoms with Gasteiger partial charge in [-0.2, -0.15) is 0 Å². The molecule has 0 aliphatic heterocycles. The van der Waals surface area contributed by atoms with E-state index in [9.17, 15) is 0 Å². The van der Waals surface area contributed by atoms with E-state index in [-0.39, 0.29) is 0 Å². The van der Waals surface area contributed by atoms with Gasteiger partial charge in [-0.3, -0.25) is 4.90 Å². The minimum atomic E-state index is 0.602. The van der Waals surface area contributed by atoms with Crippen LogP contribution in [-0.2, 0) is 0 Å². The van der Waals surface area contributed by atoms with Crippen molar-refractivity contribution in [1.82, 2.24) is 15.5 Å². The Hall–Kier alpha value is -0.120. The van der Waals surface area contributed by atoms with Crippen molar-refractivity contribution in [3.05, 3.63) is 0 Å². The highest BCUT2D eigenvalue weighted by Gasteiger charge is 1.98. The molecule has 1 atom stereocenters. The van der Waals surface area contributed by atoms with E-state index in [1.807, 2.05) is 7.05 Å². The van der Waals surface area contributed by atoms with Gasteiger partial charge >= 0.3 is 0 Å². The van der Waals surface area contributed by atoms with Gasteiger partial charge in [0, 0.05) is 12.7 Å². The highest BCUT2D eigenvalue weighted by molar-refractivity contribution is 4.60. The molecule has 0 aliphatic rings. The smallest absolute Gasteiger partial charge is 0.0476 e. The molecule has 3 heteroatoms. The second-order valence-corrected chi connectivity index (χ2v) is 3.24. The van der Waals surface area contributed by atoms with Gasteiger partial charge in [0.1, 0.15) is 0 Å². The molecular formula is C8H21N3. The van der Waals surface area contributed by atoms with E-state index in [2.05, 4.69) is 36.6 Å². The molecule has 0 fully saturated rings. The Labute approximate surface area is 70.2 Å². The number of nitrogens with zero attached hydrogens (tertiary/aromatic N) is 1. The summed E-state index contributed by atoms with van der Waals surface area (Å²) >= 11 is 0. The molecule has 0 aliphatic carbocycles. The van der Waals surface area contributed by atoms with E-state index in [0.717, 1.165) is 13.2 Å². The Kier molecular flexibility index (Phi) is 6.51. The van der Waals surface area contributed by atoms with E-state index in [1.165, 1.54) is 6.42 Å². The van der Waals surface area contributed by atoms with Crippen molar-refractivity contribution >= 4 is 0 Å². The van der Waals surface area contributed by atoms with Crippen LogP contribution in [0.4, 0.5) is 0 Å². The second kappa shape index (κ2) is 6.58. The molecule has 0 aromatic carbocycles. The van der Waals surface area contributed by atoms with Crippen molar-refractivity contribution < 1.29 is 0 Å². The number of hydrogen-bond acceptors (Lipinski definition) is 3. The number of nitrogens with one attached hydrogen (secondary N) is 2. The van der Waals surface area contributed by atoms with Gasteiger partial charge in [-0.25, -0.2) is 0 Å². The van der Waals surface area contributed by atoms with Crippen LogP contribution >= 0.6 is 0 Å². The average molecular weight is 159 g/mol. The largest absolute Gasteiger partial charge is 0.320 e. The van der Waals surface area contributed by atoms with Gasteiger partial charge in [-0.15, -0.1) is 0 Å². The molecule has 1 unspecified atom stereocenters. The Bertz CT molecular complexity index is 83.4. The predicted molar refractivity (Wildman–Crippen MR) is 49.7 cm³/mol. The molecule has 0 heterocycles. The molecule has 11 heavy (non-hydrogen) atoms. The van der Waals surface area contributed by atoms with Crippen molar-refractivity contribution in [2.45, 2.75) is 19.4 Å². The van der Waals surface area contributed by atoms with Gasteiger partial charge < -0.3 is 10.6 Å². The maximum atomic E-state index is 3.40. The Morgan fingerprint density at radius 3 is 2.45 bits per heavy atom. The van der Waals surface area contributed by atoms with E-state index < -0.39 is 0 Å². The maximum Gasteiger partial charge on any atom is 0.0476 e. The molecule has 0 saturated heterocycles. The summed E-state index contributed by atoms with van der Waals surface area (Å²) in [4.78, 5) is 2.13. The van der Waals surface area contributed by atoms with Crippen LogP contribution in [0.1, 0.15) is 13.3 Å². The van der Waals surface area contributed by atoms with Gasteiger partial charge in [0.25, 0.3) is 0 Å². The molecule has 0 spiro atoms. The summed E-state index contributed by atoms with van der Waals surface area (Å²) < 4.78 is 0. The van der Waals surface area contributed by atoms with Gasteiger partial charge in [-0.05, 0) is 41.0 Å². The van der Waals surface area contributed by atoms with Crippen molar-refractivity contribution in [2.75, 3.05) is 34.4 Å². The second-order valence-electron chi connectivity index (χ2n) is 3.24. The van der Waals surface area contributed by atoms with Gasteiger partial charge in [0.2, 0.25) is 0 Å². The topological polar surface area (TPSA) is 27.3 Å². The molecule has 2 N–H and O–H groups in total. The van der Waals surface area contributed by atoms with Gasteiger partial charge in [0.05, 0.1) is 0 Å². The zero-order valence-corrected chi connectivity index (χ0v) is 8.15. The zero-order valence-electron chi connectivity index (χ0n) is 8.15. The van der Waals surface area contributed by atoms with Crippen LogP contribution in [-0.4, -0.2) is 45.3 Å². The lowest BCUT2D eigenvalue weighted by molar-refractivity contribution is 0.337. The Balaban J connectivity index is 3.15. The fourth-order valence-electron chi connectivity index (χ4n) is 0.801. The molecule has 3 nitrogen and oxygen atoms in total. The van der Waals surface area contributed by atoms with Crippen LogP contribution in [0.25, 0.3) is 0 Å². The number of hydrogen-bond donors (Lipinski definition) is 2. The van der Waals surface area contributed by atoms with E-state index in [0.29, 0.717) is 6.04 Å². The van der Waals surface area contributed by atoms with Crippen LogP contribution in [0.2, 0.25) is 0 Å². The number of rotatable bonds is 6. The highest BCUT2D eigenvalue weighted by Crippen LogP contribution is 1.87. The summed E-state index contributed by atoms with van der Waals surface area (Å²) in [6.07, 6.45) is 1.18. The fourth-order valence-corrected chi connectivity index (χ4v) is 0.801. The minimum Gasteiger partial charge on any atom is -0.320 e. The third-order valence-corrected chi connectivity index (χ3v) is 1.58. The van der Waals surface area contributed by atoms with Crippen molar-refractivity contribution in [1.29, 1.82) is 0 Å². The maximum absolute atomic E-state index is 3.40. The van der Waals surface area contributed by atoms with Crippen LogP contribution < -0.4 is 10.6 Å². The molecule has 0 aromatic heterocycles. The summed E-state index contributed by atoms with van der Waals surface area (Å²) in [7, 11) is 6.12. The summed E-state index contributed by atoms with van der Waals surface area (Å²) in [5.41, 5.74) is 0. The quantitative estimate of drug-likeness (QED) is 0.538. The molecule has 0 aromatic rings. The van der Waals surface area contributed by atoms with Gasteiger partial charge in [0.15, 0.2) is 0 Å². The van der Waals surface area contributed by atoms with E-state index in [4.69, 9.17) is 0 Å². The minimum absolute atomic E-state index is 0.602. The van der Waals surface area contributed by atoms with E-state index in [1.54, 1.807) is 0 Å². The summed E-state index contributed by atoms with van der Waals surface area (Å²) in [6, 6.07) is 0.602. The summed E-state index contributed by atoms with van der Waals surface area (Å²) in [6.45, 7) is 4.26. The first-order valence-electron chi connectivity index (χ1n) is 4.19. The average Bonchev–Trinajstić information content (AvgIpc) is 1.97. The molecule has 0 bridgehead atoms. The van der Waals surface area contributed by atoms with Gasteiger partial charge in [-0.1, -0.05) is 0 Å². The van der Waals surface area contributed by atoms with Crippen LogP contribution in [0.5, 0.6) is 0 Å². The van der Waals surface area contributed by atoms with Crippen LogP contribution in [0.3, 0.4) is 0 Å². The zero-order chi connectivity index (χ0) is 8.69. The molecule has 0 amide bonds. The third kappa shape index (κ3) is 7.78. The van der Waals surface area contributed by atoms with Crippen molar-refractivity contribution in [3.8, 4) is 0 Å². The lowest BCUT2D eigenvalue weighted by Gasteiger charge is -2.16. The first kappa shape index (κ1) is 10.9. The van der Waals surface area contributed by atoms with Crippen LogP contribution in [0.15, 0.2) is 0 Å². The Morgan fingerprint density at radius 1 is 1.36 bits per heavy atom. The lowest BCUT2D eigenvalue weighted by atomic mass is 10.2. The monoisotopic (exact) mass is 159 g/mol. The van der Waals surface area contributed by atoms with Crippen molar-refractivity contribution in [2.24, 2.45) is 0 Å². The first-order chi connectivity index (χ1) is 5.16. The fraction of sp³-hybridized carbons (Fsp3) is 1.00. The highest BCUT2D eigenvalue weighted by atomic mass is 15.2. The summed E-state index contributed by atoms with van der Waals surface area (Å²) in [5, 5.41) is 6.54. The van der Waals surface area contributed by atoms with Crippen LogP contribution in [0, 0.1) is 0 Å². The normalized spacial score (nSPS) is 13.9. The summed E-state index contributed by atoms with van der Waals surface area (Å²) in [5.74, 6) is 0. The van der Waals surface area contributed by atoms with E-state index >= 15 is 0 Å². The molecule has 68 valence electrons. The SMILES string of the molecule is CNCCC(C)NCN(C)C. The molecule has 0 saturated carbocycles. The molecule has 0 radical (unpaired) electrons. The predicted octanol–water partition coefficient (Wildman–Crippen LogP) is 0.0931. The molecule has 0 rings (SSSR count). The lowest BCUT2D eigenvalue weighted by Crippen LogP contribution is -2.36. The standard InChI is InChI=1S/C8H21N3/c1-8(5-6-9-2)10-7-11(3)4/h8-10H,5-7H2,1-4H3. The van der Waals surface area contributed by atoms with Crippen molar-refractivity contribution in [3.63, 3.8) is 0 Å². The first-order valence-corrected chi connectivity index (χ1v) is 4.19.